The summed E-state index contributed by atoms with van der Waals surface area (Å²) in [5.74, 6) is 1.67. The van der Waals surface area contributed by atoms with Gasteiger partial charge in [-0.05, 0) is 119 Å². The topological polar surface area (TPSA) is 76.5 Å². The van der Waals surface area contributed by atoms with E-state index in [0.29, 0.717) is 0 Å². The minimum atomic E-state index is 0.836. The van der Waals surface area contributed by atoms with E-state index >= 15 is 0 Å². The summed E-state index contributed by atoms with van der Waals surface area (Å²) < 4.78 is 29.2. The SMILES string of the molecule is COc1ccc(-c2ccc(-c3ccc(N(c4ccccc4)c4ccccc4)cc3)c3nsnc23)cc1.COc1ccc(-c2ccc(-c3ccc(N(c4ccccc4)c4ccccc4)cc3)c3nsnc23)cc1. The highest BCUT2D eigenvalue weighted by molar-refractivity contribution is 7.00. The second-order valence-corrected chi connectivity index (χ2v) is 17.9. The summed E-state index contributed by atoms with van der Waals surface area (Å²) in [6.45, 7) is 0. The average Bonchev–Trinajstić information content (AvgIpc) is 4.17. The van der Waals surface area contributed by atoms with Crippen molar-refractivity contribution in [2.45, 2.75) is 0 Å². The number of hydrogen-bond acceptors (Lipinski definition) is 10. The Balaban J connectivity index is 0.000000156. The monoisotopic (exact) mass is 970 g/mol. The quantitative estimate of drug-likeness (QED) is 0.120. The second kappa shape index (κ2) is 21.0. The number of aromatic nitrogens is 4. The van der Waals surface area contributed by atoms with Gasteiger partial charge in [0, 0.05) is 56.4 Å². The summed E-state index contributed by atoms with van der Waals surface area (Å²) in [5, 5.41) is 0. The molecule has 2 aromatic heterocycles. The minimum Gasteiger partial charge on any atom is -0.497 e. The first-order chi connectivity index (χ1) is 35.6. The van der Waals surface area contributed by atoms with E-state index in [1.54, 1.807) is 14.2 Å². The normalized spacial score (nSPS) is 10.9. The van der Waals surface area contributed by atoms with Crippen molar-refractivity contribution >= 4 is 79.6 Å². The maximum absolute atomic E-state index is 5.31. The molecule has 0 saturated carbocycles. The Morgan fingerprint density at radius 2 is 0.486 bits per heavy atom. The molecule has 8 nitrogen and oxygen atoms in total. The molecule has 0 saturated heterocycles. The lowest BCUT2D eigenvalue weighted by Crippen LogP contribution is -2.09. The van der Waals surface area contributed by atoms with Crippen LogP contribution in [0.5, 0.6) is 11.5 Å². The number of rotatable bonds is 12. The molecule has 0 spiro atoms. The van der Waals surface area contributed by atoms with Crippen molar-refractivity contribution in [3.8, 4) is 56.0 Å². The molecule has 0 fully saturated rings. The van der Waals surface area contributed by atoms with Gasteiger partial charge in [-0.1, -0.05) is 146 Å². The van der Waals surface area contributed by atoms with Gasteiger partial charge in [0.15, 0.2) is 0 Å². The van der Waals surface area contributed by atoms with E-state index in [9.17, 15) is 0 Å². The van der Waals surface area contributed by atoms with Crippen LogP contribution < -0.4 is 19.3 Å². The summed E-state index contributed by atoms with van der Waals surface area (Å²) in [5.41, 5.74) is 19.0. The van der Waals surface area contributed by atoms with Crippen LogP contribution >= 0.6 is 23.5 Å². The number of hydrogen-bond donors (Lipinski definition) is 0. The molecule has 0 aliphatic carbocycles. The standard InChI is InChI=1S/2C31H23N3OS/c2*1-35-27-18-14-23(15-19-27)29-21-20-28(30-31(29)33-36-32-30)22-12-16-26(17-13-22)34(24-8-4-2-5-9-24)25-10-6-3-7-11-25/h2*2-21H,1H3. The second-order valence-electron chi connectivity index (χ2n) is 16.8. The van der Waals surface area contributed by atoms with Crippen LogP contribution in [0.3, 0.4) is 0 Å². The van der Waals surface area contributed by atoms with E-state index in [1.807, 2.05) is 48.5 Å². The van der Waals surface area contributed by atoms with Crippen molar-refractivity contribution in [2.24, 2.45) is 0 Å². The lowest BCUT2D eigenvalue weighted by molar-refractivity contribution is 0.415. The van der Waals surface area contributed by atoms with Gasteiger partial charge in [0.2, 0.25) is 0 Å². The maximum Gasteiger partial charge on any atom is 0.118 e. The largest absolute Gasteiger partial charge is 0.497 e. The first-order valence-electron chi connectivity index (χ1n) is 23.4. The number of fused-ring (bicyclic) bond motifs is 2. The fraction of sp³-hybridized carbons (Fsp3) is 0.0323. The molecule has 0 atom stereocenters. The minimum absolute atomic E-state index is 0.836. The van der Waals surface area contributed by atoms with Crippen molar-refractivity contribution in [2.75, 3.05) is 24.0 Å². The molecule has 0 aliphatic heterocycles. The number of methoxy groups -OCH3 is 2. The third-order valence-corrected chi connectivity index (χ3v) is 13.6. The Morgan fingerprint density at radius 3 is 0.722 bits per heavy atom. The van der Waals surface area contributed by atoms with Crippen molar-refractivity contribution in [3.63, 3.8) is 0 Å². The van der Waals surface area contributed by atoms with Gasteiger partial charge < -0.3 is 19.3 Å². The fourth-order valence-corrected chi connectivity index (χ4v) is 10.1. The number of nitrogens with zero attached hydrogens (tertiary/aromatic N) is 6. The van der Waals surface area contributed by atoms with Crippen LogP contribution in [0.1, 0.15) is 0 Å². The maximum atomic E-state index is 5.31. The Kier molecular flexibility index (Phi) is 13.2. The zero-order chi connectivity index (χ0) is 48.6. The predicted octanol–water partition coefficient (Wildman–Crippen LogP) is 17.0. The highest BCUT2D eigenvalue weighted by atomic mass is 32.1. The first-order valence-corrected chi connectivity index (χ1v) is 24.9. The molecule has 0 amide bonds. The van der Waals surface area contributed by atoms with Crippen molar-refractivity contribution < 1.29 is 9.47 Å². The molecule has 0 unspecified atom stereocenters. The lowest BCUT2D eigenvalue weighted by atomic mass is 9.97. The van der Waals surface area contributed by atoms with Crippen LogP contribution in [0.25, 0.3) is 66.6 Å². The van der Waals surface area contributed by atoms with Crippen LogP contribution in [0.4, 0.5) is 34.1 Å². The van der Waals surface area contributed by atoms with Gasteiger partial charge in [-0.25, -0.2) is 0 Å². The molecular formula is C62H46N6O2S2. The van der Waals surface area contributed by atoms with Crippen LogP contribution in [0.2, 0.25) is 0 Å². The highest BCUT2D eigenvalue weighted by Gasteiger charge is 2.18. The summed E-state index contributed by atoms with van der Waals surface area (Å²) in [6.07, 6.45) is 0. The highest BCUT2D eigenvalue weighted by Crippen LogP contribution is 2.41. The van der Waals surface area contributed by atoms with E-state index in [4.69, 9.17) is 9.47 Å². The number of anilines is 6. The zero-order valence-corrected chi connectivity index (χ0v) is 41.0. The molecule has 0 N–H and O–H groups in total. The molecule has 348 valence electrons. The van der Waals surface area contributed by atoms with Crippen molar-refractivity contribution in [3.05, 3.63) is 243 Å². The van der Waals surface area contributed by atoms with Gasteiger partial charge in [-0.3, -0.25) is 0 Å². The molecule has 12 aromatic rings. The molecule has 10 aromatic carbocycles. The molecule has 72 heavy (non-hydrogen) atoms. The summed E-state index contributed by atoms with van der Waals surface area (Å²) in [4.78, 5) is 4.52. The number of ether oxygens (including phenoxy) is 2. The van der Waals surface area contributed by atoms with E-state index in [0.717, 1.165) is 112 Å². The lowest BCUT2D eigenvalue weighted by Gasteiger charge is -2.25. The Labute approximate surface area is 427 Å². The van der Waals surface area contributed by atoms with Crippen LogP contribution in [0, 0.1) is 0 Å². The van der Waals surface area contributed by atoms with Crippen LogP contribution in [0.15, 0.2) is 243 Å². The van der Waals surface area contributed by atoms with Gasteiger partial charge in [0.1, 0.15) is 33.6 Å². The average molecular weight is 971 g/mol. The van der Waals surface area contributed by atoms with Gasteiger partial charge in [0.05, 0.1) is 37.7 Å². The summed E-state index contributed by atoms with van der Waals surface area (Å²) >= 11 is 2.50. The molecule has 0 bridgehead atoms. The Hall–Kier alpha value is -8.96. The van der Waals surface area contributed by atoms with E-state index in [2.05, 4.69) is 221 Å². The predicted molar refractivity (Wildman–Crippen MR) is 299 cm³/mol. The Morgan fingerprint density at radius 1 is 0.264 bits per heavy atom. The van der Waals surface area contributed by atoms with Gasteiger partial charge in [0.25, 0.3) is 0 Å². The molecule has 0 radical (unpaired) electrons. The molecule has 10 heteroatoms. The molecule has 12 rings (SSSR count). The molecule has 2 heterocycles. The van der Waals surface area contributed by atoms with Gasteiger partial charge in [-0.2, -0.15) is 17.5 Å². The Bertz CT molecular complexity index is 3360. The van der Waals surface area contributed by atoms with Crippen LogP contribution in [-0.4, -0.2) is 31.7 Å². The van der Waals surface area contributed by atoms with E-state index in [1.165, 1.54) is 23.5 Å². The smallest absolute Gasteiger partial charge is 0.118 e. The summed E-state index contributed by atoms with van der Waals surface area (Å²) in [6, 6.07) is 83.7. The van der Waals surface area contributed by atoms with Crippen molar-refractivity contribution in [1.82, 2.24) is 17.5 Å². The zero-order valence-electron chi connectivity index (χ0n) is 39.4. The van der Waals surface area contributed by atoms with Crippen LogP contribution in [-0.2, 0) is 0 Å². The fourth-order valence-electron chi connectivity index (χ4n) is 8.99. The molecular weight excluding hydrogens is 925 g/mol. The van der Waals surface area contributed by atoms with Gasteiger partial charge >= 0.3 is 0 Å². The molecule has 0 aliphatic rings. The third kappa shape index (κ3) is 9.39. The first kappa shape index (κ1) is 45.5. The summed E-state index contributed by atoms with van der Waals surface area (Å²) in [7, 11) is 3.35. The van der Waals surface area contributed by atoms with E-state index in [-0.39, 0.29) is 0 Å². The van der Waals surface area contributed by atoms with E-state index < -0.39 is 0 Å². The third-order valence-electron chi connectivity index (χ3n) is 12.6. The number of para-hydroxylation sites is 4. The van der Waals surface area contributed by atoms with Crippen molar-refractivity contribution in [1.29, 1.82) is 0 Å². The van der Waals surface area contributed by atoms with Gasteiger partial charge in [-0.15, -0.1) is 0 Å². The number of benzene rings is 10.